The highest BCUT2D eigenvalue weighted by Gasteiger charge is 2.47. The fourth-order valence-electron chi connectivity index (χ4n) is 3.54. The first-order valence-electron chi connectivity index (χ1n) is 10.4. The lowest BCUT2D eigenvalue weighted by atomic mass is 9.86. The second kappa shape index (κ2) is 9.70. The summed E-state index contributed by atoms with van der Waals surface area (Å²) in [6.45, 7) is 0.0137. The van der Waals surface area contributed by atoms with E-state index in [1.54, 1.807) is 0 Å². The van der Waals surface area contributed by atoms with Crippen molar-refractivity contribution in [3.63, 3.8) is 0 Å². The van der Waals surface area contributed by atoms with Crippen molar-refractivity contribution in [3.05, 3.63) is 101 Å². The molecular weight excluding hydrogens is 427 g/mol. The Balaban J connectivity index is 1.28. The van der Waals surface area contributed by atoms with Crippen molar-refractivity contribution in [1.82, 2.24) is 4.90 Å². The molecule has 7 nitrogen and oxygen atoms in total. The predicted molar refractivity (Wildman–Crippen MR) is 119 cm³/mol. The van der Waals surface area contributed by atoms with Crippen molar-refractivity contribution in [1.29, 1.82) is 0 Å². The van der Waals surface area contributed by atoms with Crippen LogP contribution in [0.15, 0.2) is 78.9 Å². The Labute approximate surface area is 190 Å². The molecule has 0 atom stereocenters. The minimum atomic E-state index is -1.53. The quantitative estimate of drug-likeness (QED) is 0.581. The lowest BCUT2D eigenvalue weighted by molar-refractivity contribution is -0.0968. The second-order valence-corrected chi connectivity index (χ2v) is 7.81. The Kier molecular flexibility index (Phi) is 6.55. The van der Waals surface area contributed by atoms with E-state index in [-0.39, 0.29) is 37.6 Å². The summed E-state index contributed by atoms with van der Waals surface area (Å²) in [5.74, 6) is -0.698. The van der Waals surface area contributed by atoms with Gasteiger partial charge in [-0.25, -0.2) is 14.0 Å². The van der Waals surface area contributed by atoms with Gasteiger partial charge in [-0.3, -0.25) is 5.32 Å². The van der Waals surface area contributed by atoms with E-state index in [0.717, 1.165) is 17.2 Å². The number of hydrogen-bond acceptors (Lipinski definition) is 5. The van der Waals surface area contributed by atoms with Crippen molar-refractivity contribution in [3.8, 4) is 0 Å². The Morgan fingerprint density at radius 1 is 0.909 bits per heavy atom. The first-order chi connectivity index (χ1) is 15.9. The van der Waals surface area contributed by atoms with Crippen LogP contribution in [0.5, 0.6) is 0 Å². The molecule has 0 aromatic heterocycles. The van der Waals surface area contributed by atoms with Crippen molar-refractivity contribution in [2.45, 2.75) is 18.8 Å². The summed E-state index contributed by atoms with van der Waals surface area (Å²) in [5.41, 5.74) is 0.378. The van der Waals surface area contributed by atoms with Gasteiger partial charge in [-0.15, -0.1) is 0 Å². The average Bonchev–Trinajstić information content (AvgIpc) is 2.80. The summed E-state index contributed by atoms with van der Waals surface area (Å²) < 4.78 is 25.0. The van der Waals surface area contributed by atoms with Gasteiger partial charge < -0.3 is 19.5 Å². The number of ether oxygens (including phenoxy) is 2. The minimum absolute atomic E-state index is 0.0396. The van der Waals surface area contributed by atoms with Crippen LogP contribution >= 0.6 is 0 Å². The van der Waals surface area contributed by atoms with Gasteiger partial charge in [0.15, 0.2) is 0 Å². The summed E-state index contributed by atoms with van der Waals surface area (Å²) in [7, 11) is 0. The van der Waals surface area contributed by atoms with Gasteiger partial charge in [-0.1, -0.05) is 66.7 Å². The van der Waals surface area contributed by atoms with Crippen LogP contribution in [-0.4, -0.2) is 35.3 Å². The molecule has 0 saturated carbocycles. The standard InChI is InChI=1S/C25H23FN2O5/c26-22-13-20(27-23(29)32-14-18-7-3-1-4-8-18)11-12-21(22)25(31)16-28(17-25)24(30)33-15-19-9-5-2-6-10-19/h1-13,31H,14-17H2,(H,27,29). The summed E-state index contributed by atoms with van der Waals surface area (Å²) >= 11 is 0. The highest BCUT2D eigenvalue weighted by molar-refractivity contribution is 5.84. The van der Waals surface area contributed by atoms with Crippen LogP contribution in [0.3, 0.4) is 0 Å². The number of benzene rings is 3. The number of halogens is 1. The van der Waals surface area contributed by atoms with Gasteiger partial charge in [0.05, 0.1) is 13.1 Å². The van der Waals surface area contributed by atoms with E-state index in [1.165, 1.54) is 17.0 Å². The molecule has 2 N–H and O–H groups in total. The van der Waals surface area contributed by atoms with Crippen LogP contribution in [-0.2, 0) is 28.3 Å². The molecule has 0 unspecified atom stereocenters. The molecule has 0 bridgehead atoms. The maximum absolute atomic E-state index is 14.7. The molecular formula is C25H23FN2O5. The van der Waals surface area contributed by atoms with Crippen molar-refractivity contribution < 1.29 is 28.6 Å². The fourth-order valence-corrected chi connectivity index (χ4v) is 3.54. The molecule has 3 aromatic carbocycles. The number of aliphatic hydroxyl groups is 1. The number of anilines is 1. The average molecular weight is 450 g/mol. The number of carbonyl (C=O) groups is 2. The topological polar surface area (TPSA) is 88.1 Å². The van der Waals surface area contributed by atoms with E-state index in [0.29, 0.717) is 0 Å². The molecule has 1 aliphatic heterocycles. The third-order valence-electron chi connectivity index (χ3n) is 5.30. The number of likely N-dealkylation sites (tertiary alicyclic amines) is 1. The number of β-amino-alcohol motifs (C(OH)–C–C–N with tert-alkyl or cyclic N) is 1. The molecule has 0 aliphatic carbocycles. The summed E-state index contributed by atoms with van der Waals surface area (Å²) in [5, 5.41) is 13.2. The van der Waals surface area contributed by atoms with E-state index in [2.05, 4.69) is 5.32 Å². The largest absolute Gasteiger partial charge is 0.445 e. The van der Waals surface area contributed by atoms with Crippen molar-refractivity contribution in [2.75, 3.05) is 18.4 Å². The highest BCUT2D eigenvalue weighted by Crippen LogP contribution is 2.35. The molecule has 4 rings (SSSR count). The van der Waals surface area contributed by atoms with E-state index < -0.39 is 23.6 Å². The summed E-state index contributed by atoms with van der Waals surface area (Å²) in [4.78, 5) is 25.4. The molecule has 33 heavy (non-hydrogen) atoms. The van der Waals surface area contributed by atoms with Gasteiger partial charge in [0.25, 0.3) is 0 Å². The van der Waals surface area contributed by atoms with Crippen molar-refractivity contribution in [2.24, 2.45) is 0 Å². The molecule has 1 aliphatic rings. The zero-order valence-corrected chi connectivity index (χ0v) is 17.7. The van der Waals surface area contributed by atoms with Gasteiger partial charge in [-0.05, 0) is 23.3 Å². The summed E-state index contributed by atoms with van der Waals surface area (Å²) in [6.07, 6.45) is -1.30. The SMILES string of the molecule is O=C(Nc1ccc(C2(O)CN(C(=O)OCc3ccccc3)C2)c(F)c1)OCc1ccccc1. The maximum Gasteiger partial charge on any atom is 0.411 e. The molecule has 1 saturated heterocycles. The zero-order valence-electron chi connectivity index (χ0n) is 17.7. The molecule has 170 valence electrons. The molecule has 0 radical (unpaired) electrons. The maximum atomic E-state index is 14.7. The van der Waals surface area contributed by atoms with E-state index in [1.807, 2.05) is 60.7 Å². The smallest absolute Gasteiger partial charge is 0.411 e. The third kappa shape index (κ3) is 5.48. The third-order valence-corrected chi connectivity index (χ3v) is 5.30. The Bertz CT molecular complexity index is 1120. The van der Waals surface area contributed by atoms with Crippen LogP contribution in [0, 0.1) is 5.82 Å². The monoisotopic (exact) mass is 450 g/mol. The number of amides is 2. The minimum Gasteiger partial charge on any atom is -0.445 e. The fraction of sp³-hybridized carbons (Fsp3) is 0.200. The number of rotatable bonds is 6. The zero-order chi connectivity index (χ0) is 23.3. The first-order valence-corrected chi connectivity index (χ1v) is 10.4. The molecule has 8 heteroatoms. The van der Waals surface area contributed by atoms with Crippen LogP contribution in [0.25, 0.3) is 0 Å². The van der Waals surface area contributed by atoms with Gasteiger partial charge in [0.1, 0.15) is 24.6 Å². The normalized spacial score (nSPS) is 14.2. The second-order valence-electron chi connectivity index (χ2n) is 7.81. The lowest BCUT2D eigenvalue weighted by Crippen LogP contribution is -2.61. The highest BCUT2D eigenvalue weighted by atomic mass is 19.1. The molecule has 1 heterocycles. The Hall–Kier alpha value is -3.91. The lowest BCUT2D eigenvalue weighted by Gasteiger charge is -2.45. The van der Waals surface area contributed by atoms with Gasteiger partial charge >= 0.3 is 12.2 Å². The number of hydrogen-bond donors (Lipinski definition) is 2. The van der Waals surface area contributed by atoms with Gasteiger partial charge in [-0.2, -0.15) is 0 Å². The molecule has 3 aromatic rings. The van der Waals surface area contributed by atoms with E-state index in [9.17, 15) is 19.1 Å². The number of nitrogens with zero attached hydrogens (tertiary/aromatic N) is 1. The van der Waals surface area contributed by atoms with Crippen LogP contribution in [0.4, 0.5) is 19.7 Å². The predicted octanol–water partition coefficient (Wildman–Crippen LogP) is 4.41. The van der Waals surface area contributed by atoms with Gasteiger partial charge in [0, 0.05) is 11.3 Å². The Morgan fingerprint density at radius 3 is 2.06 bits per heavy atom. The number of nitrogens with one attached hydrogen (secondary N) is 1. The molecule has 0 spiro atoms. The first kappa shape index (κ1) is 22.3. The van der Waals surface area contributed by atoms with E-state index in [4.69, 9.17) is 9.47 Å². The summed E-state index contributed by atoms with van der Waals surface area (Å²) in [6, 6.07) is 22.3. The molecule has 2 amide bonds. The van der Waals surface area contributed by atoms with Crippen LogP contribution in [0.1, 0.15) is 16.7 Å². The molecule has 1 fully saturated rings. The van der Waals surface area contributed by atoms with Crippen LogP contribution < -0.4 is 5.32 Å². The van der Waals surface area contributed by atoms with Crippen molar-refractivity contribution >= 4 is 17.9 Å². The van der Waals surface area contributed by atoms with Crippen LogP contribution in [0.2, 0.25) is 0 Å². The van der Waals surface area contributed by atoms with E-state index >= 15 is 0 Å². The van der Waals surface area contributed by atoms with Gasteiger partial charge in [0.2, 0.25) is 0 Å². The Morgan fingerprint density at radius 2 is 1.48 bits per heavy atom. The number of carbonyl (C=O) groups excluding carboxylic acids is 2.